The maximum atomic E-state index is 12.3. The molecule has 0 spiro atoms. The molecular weight excluding hydrogens is 294 g/mol. The van der Waals surface area contributed by atoms with E-state index >= 15 is 0 Å². The Morgan fingerprint density at radius 3 is 2.96 bits per heavy atom. The Morgan fingerprint density at radius 1 is 1.43 bits per heavy atom. The van der Waals surface area contributed by atoms with Crippen LogP contribution in [-0.4, -0.2) is 42.4 Å². The van der Waals surface area contributed by atoms with Crippen LogP contribution >= 0.6 is 0 Å². The topological polar surface area (TPSA) is 71.5 Å². The Kier molecular flexibility index (Phi) is 4.07. The molecule has 1 N–H and O–H groups in total. The van der Waals surface area contributed by atoms with Gasteiger partial charge in [-0.2, -0.15) is 0 Å². The van der Waals surface area contributed by atoms with Crippen LogP contribution in [0.3, 0.4) is 0 Å². The molecule has 2 aliphatic rings. The van der Waals surface area contributed by atoms with Crippen molar-refractivity contribution in [2.45, 2.75) is 25.7 Å². The van der Waals surface area contributed by atoms with Crippen molar-refractivity contribution < 1.29 is 14.3 Å². The van der Waals surface area contributed by atoms with Crippen molar-refractivity contribution in [2.24, 2.45) is 5.41 Å². The highest BCUT2D eigenvalue weighted by molar-refractivity contribution is 5.94. The van der Waals surface area contributed by atoms with Crippen LogP contribution in [0, 0.1) is 5.41 Å². The van der Waals surface area contributed by atoms with Crippen LogP contribution in [0.5, 0.6) is 5.88 Å². The summed E-state index contributed by atoms with van der Waals surface area (Å²) in [6.07, 6.45) is 6.89. The summed E-state index contributed by atoms with van der Waals surface area (Å²) in [5.74, 6) is 0.480. The highest BCUT2D eigenvalue weighted by Crippen LogP contribution is 2.46. The summed E-state index contributed by atoms with van der Waals surface area (Å²) in [4.78, 5) is 30.0. The second-order valence-electron chi connectivity index (χ2n) is 6.13. The van der Waals surface area contributed by atoms with Crippen LogP contribution in [-0.2, 0) is 4.79 Å². The van der Waals surface area contributed by atoms with Crippen LogP contribution in [0.15, 0.2) is 30.1 Å². The largest absolute Gasteiger partial charge is 0.481 e. The maximum absolute atomic E-state index is 12.3. The summed E-state index contributed by atoms with van der Waals surface area (Å²) in [6, 6.07) is 3.36. The lowest BCUT2D eigenvalue weighted by Gasteiger charge is -2.41. The Morgan fingerprint density at radius 2 is 2.26 bits per heavy atom. The Balaban J connectivity index is 1.68. The number of methoxy groups -OCH3 is 1. The van der Waals surface area contributed by atoms with Crippen LogP contribution in [0.4, 0.5) is 0 Å². The fourth-order valence-corrected chi connectivity index (χ4v) is 3.48. The number of carbonyl (C=O) groups excluding carboxylic acids is 2. The van der Waals surface area contributed by atoms with Gasteiger partial charge in [-0.25, -0.2) is 4.98 Å². The number of piperidine rings is 1. The Bertz CT molecular complexity index is 654. The first kappa shape index (κ1) is 15.5. The van der Waals surface area contributed by atoms with Gasteiger partial charge >= 0.3 is 0 Å². The van der Waals surface area contributed by atoms with Crippen molar-refractivity contribution in [1.29, 1.82) is 0 Å². The summed E-state index contributed by atoms with van der Waals surface area (Å²) in [7, 11) is 3.36. The number of pyridine rings is 1. The number of ether oxygens (including phenoxy) is 1. The molecule has 3 rings (SSSR count). The average Bonchev–Trinajstić information content (AvgIpc) is 3.01. The molecule has 1 aromatic rings. The van der Waals surface area contributed by atoms with E-state index in [1.54, 1.807) is 17.0 Å². The van der Waals surface area contributed by atoms with E-state index in [0.717, 1.165) is 25.0 Å². The number of fused-ring (bicyclic) bond motifs is 1. The van der Waals surface area contributed by atoms with Gasteiger partial charge in [-0.05, 0) is 25.3 Å². The van der Waals surface area contributed by atoms with E-state index < -0.39 is 0 Å². The van der Waals surface area contributed by atoms with Gasteiger partial charge in [0.15, 0.2) is 0 Å². The van der Waals surface area contributed by atoms with E-state index in [4.69, 9.17) is 4.74 Å². The number of nitrogens with zero attached hydrogens (tertiary/aromatic N) is 2. The van der Waals surface area contributed by atoms with Gasteiger partial charge in [-0.3, -0.25) is 9.59 Å². The molecule has 6 heteroatoms. The first-order valence-electron chi connectivity index (χ1n) is 7.81. The number of aromatic nitrogens is 1. The first-order valence-corrected chi connectivity index (χ1v) is 7.81. The predicted molar refractivity (Wildman–Crippen MR) is 84.9 cm³/mol. The second kappa shape index (κ2) is 6.02. The van der Waals surface area contributed by atoms with Crippen LogP contribution in [0.2, 0.25) is 0 Å². The van der Waals surface area contributed by atoms with E-state index in [9.17, 15) is 9.59 Å². The van der Waals surface area contributed by atoms with Crippen molar-refractivity contribution in [3.63, 3.8) is 0 Å². The molecule has 1 saturated heterocycles. The summed E-state index contributed by atoms with van der Waals surface area (Å²) in [5, 5.41) is 3.01. The van der Waals surface area contributed by atoms with E-state index in [1.165, 1.54) is 13.3 Å². The van der Waals surface area contributed by atoms with Gasteiger partial charge in [0.2, 0.25) is 11.8 Å². The van der Waals surface area contributed by atoms with Crippen LogP contribution < -0.4 is 10.1 Å². The van der Waals surface area contributed by atoms with Gasteiger partial charge in [-0.15, -0.1) is 0 Å². The minimum absolute atomic E-state index is 0.113. The highest BCUT2D eigenvalue weighted by Gasteiger charge is 2.44. The summed E-state index contributed by atoms with van der Waals surface area (Å²) >= 11 is 0. The van der Waals surface area contributed by atoms with Crippen molar-refractivity contribution in [2.75, 3.05) is 20.7 Å². The molecule has 2 amide bonds. The number of allylic oxidation sites excluding steroid dienone is 1. The lowest BCUT2D eigenvalue weighted by atomic mass is 9.77. The van der Waals surface area contributed by atoms with E-state index in [2.05, 4.69) is 16.4 Å². The van der Waals surface area contributed by atoms with Gasteiger partial charge in [0, 0.05) is 43.4 Å². The molecule has 1 aromatic heterocycles. The van der Waals surface area contributed by atoms with Gasteiger partial charge in [0.05, 0.1) is 12.7 Å². The molecule has 2 heterocycles. The van der Waals surface area contributed by atoms with Crippen molar-refractivity contribution in [1.82, 2.24) is 15.2 Å². The van der Waals surface area contributed by atoms with Crippen LogP contribution in [0.25, 0.3) is 0 Å². The molecule has 1 unspecified atom stereocenters. The van der Waals surface area contributed by atoms with Gasteiger partial charge in [0.1, 0.15) is 0 Å². The van der Waals surface area contributed by atoms with Gasteiger partial charge in [0.25, 0.3) is 5.91 Å². The molecule has 1 aliphatic heterocycles. The molecule has 0 bridgehead atoms. The standard InChI is InChI=1S/C17H21N3O3/c1-20-13-4-3-8-17(13,9-7-15(20)21)11-19-16(22)12-5-6-14(23-2)18-10-12/h4-6,10H,3,7-9,11H2,1-2H3,(H,19,22). The Labute approximate surface area is 135 Å². The smallest absolute Gasteiger partial charge is 0.252 e. The predicted octanol–water partition coefficient (Wildman–Crippen LogP) is 1.74. The molecule has 122 valence electrons. The number of likely N-dealkylation sites (tertiary alicyclic amines) is 1. The van der Waals surface area contributed by atoms with Gasteiger partial charge in [-0.1, -0.05) is 6.08 Å². The third-order valence-electron chi connectivity index (χ3n) is 4.85. The second-order valence-corrected chi connectivity index (χ2v) is 6.13. The highest BCUT2D eigenvalue weighted by atomic mass is 16.5. The average molecular weight is 315 g/mol. The third kappa shape index (κ3) is 2.81. The van der Waals surface area contributed by atoms with E-state index in [-0.39, 0.29) is 17.2 Å². The van der Waals surface area contributed by atoms with E-state index in [1.807, 2.05) is 7.05 Å². The molecule has 23 heavy (non-hydrogen) atoms. The lowest BCUT2D eigenvalue weighted by molar-refractivity contribution is -0.131. The molecule has 0 aromatic carbocycles. The fraction of sp³-hybridized carbons (Fsp3) is 0.471. The summed E-state index contributed by atoms with van der Waals surface area (Å²) in [5.41, 5.74) is 1.45. The summed E-state index contributed by atoms with van der Waals surface area (Å²) in [6.45, 7) is 0.543. The molecule has 1 fully saturated rings. The van der Waals surface area contributed by atoms with Crippen molar-refractivity contribution in [3.05, 3.63) is 35.7 Å². The molecule has 0 saturated carbocycles. The lowest BCUT2D eigenvalue weighted by Crippen LogP contribution is -2.46. The fourth-order valence-electron chi connectivity index (χ4n) is 3.48. The molecule has 1 aliphatic carbocycles. The monoisotopic (exact) mass is 315 g/mol. The Hall–Kier alpha value is -2.37. The number of hydrogen-bond acceptors (Lipinski definition) is 4. The summed E-state index contributed by atoms with van der Waals surface area (Å²) < 4.78 is 4.99. The zero-order chi connectivity index (χ0) is 16.4. The normalized spacial score (nSPS) is 23.3. The number of rotatable bonds is 4. The third-order valence-corrected chi connectivity index (χ3v) is 4.85. The number of hydrogen-bond donors (Lipinski definition) is 1. The number of carbonyl (C=O) groups is 2. The molecule has 0 radical (unpaired) electrons. The van der Waals surface area contributed by atoms with Crippen LogP contribution in [0.1, 0.15) is 36.0 Å². The SMILES string of the molecule is COc1ccc(C(=O)NCC23CCC=C2N(C)C(=O)CC3)cn1. The van der Waals surface area contributed by atoms with Gasteiger partial charge < -0.3 is 15.0 Å². The first-order chi connectivity index (χ1) is 11.1. The molecular formula is C17H21N3O3. The minimum Gasteiger partial charge on any atom is -0.481 e. The maximum Gasteiger partial charge on any atom is 0.252 e. The minimum atomic E-state index is -0.152. The zero-order valence-electron chi connectivity index (χ0n) is 13.5. The van der Waals surface area contributed by atoms with Crippen molar-refractivity contribution >= 4 is 11.8 Å². The van der Waals surface area contributed by atoms with E-state index in [0.29, 0.717) is 24.4 Å². The quantitative estimate of drug-likeness (QED) is 0.918. The molecule has 1 atom stereocenters. The molecule has 6 nitrogen and oxygen atoms in total. The van der Waals surface area contributed by atoms with Crippen molar-refractivity contribution in [3.8, 4) is 5.88 Å². The number of nitrogens with one attached hydrogen (secondary N) is 1. The number of amides is 2. The zero-order valence-corrected chi connectivity index (χ0v) is 13.5.